The molecule has 32 heavy (non-hydrogen) atoms. The lowest BCUT2D eigenvalue weighted by Crippen LogP contribution is -2.30. The van der Waals surface area contributed by atoms with Gasteiger partial charge in [0.2, 0.25) is 0 Å². The van der Waals surface area contributed by atoms with Gasteiger partial charge in [0.05, 0.1) is 11.6 Å². The van der Waals surface area contributed by atoms with Crippen molar-refractivity contribution in [3.63, 3.8) is 0 Å². The molecule has 8 heteroatoms. The number of carbonyl (C=O) groups is 2. The molecule has 0 spiro atoms. The second kappa shape index (κ2) is 7.73. The molecule has 3 aromatic rings. The SMILES string of the molecule is O=C1C(=O)N(c2ccccn2)C(c2ccc(O)cc2)/C1=C(\O)c1ccc2c(c1)OCCO2. The molecule has 1 amide bonds. The van der Waals surface area contributed by atoms with Gasteiger partial charge in [0, 0.05) is 11.8 Å². The zero-order valence-corrected chi connectivity index (χ0v) is 16.8. The quantitative estimate of drug-likeness (QED) is 0.373. The van der Waals surface area contributed by atoms with E-state index in [1.165, 1.54) is 23.2 Å². The number of hydrogen-bond acceptors (Lipinski definition) is 7. The van der Waals surface area contributed by atoms with Crippen LogP contribution in [0.3, 0.4) is 0 Å². The molecule has 0 saturated carbocycles. The molecular weight excluding hydrogens is 412 g/mol. The molecule has 2 aliphatic heterocycles. The van der Waals surface area contributed by atoms with Crippen LogP contribution in [0.2, 0.25) is 0 Å². The minimum absolute atomic E-state index is 0.0374. The second-order valence-electron chi connectivity index (χ2n) is 7.31. The highest BCUT2D eigenvalue weighted by Crippen LogP contribution is 2.42. The van der Waals surface area contributed by atoms with Crippen molar-refractivity contribution >= 4 is 23.3 Å². The number of phenolic OH excluding ortho intramolecular Hbond substituents is 1. The molecule has 0 bridgehead atoms. The van der Waals surface area contributed by atoms with Gasteiger partial charge >= 0.3 is 5.91 Å². The summed E-state index contributed by atoms with van der Waals surface area (Å²) in [6.45, 7) is 0.795. The van der Waals surface area contributed by atoms with Crippen molar-refractivity contribution < 1.29 is 29.3 Å². The number of phenols is 1. The van der Waals surface area contributed by atoms with E-state index in [4.69, 9.17) is 9.47 Å². The monoisotopic (exact) mass is 430 g/mol. The van der Waals surface area contributed by atoms with Crippen molar-refractivity contribution in [1.82, 2.24) is 4.98 Å². The molecule has 1 unspecified atom stereocenters. The lowest BCUT2D eigenvalue weighted by atomic mass is 9.95. The molecule has 8 nitrogen and oxygen atoms in total. The van der Waals surface area contributed by atoms with Crippen LogP contribution in [0.5, 0.6) is 17.2 Å². The van der Waals surface area contributed by atoms with Gasteiger partial charge in [0.25, 0.3) is 5.78 Å². The Bertz CT molecular complexity index is 1240. The maximum absolute atomic E-state index is 13.1. The van der Waals surface area contributed by atoms with E-state index < -0.39 is 17.7 Å². The highest BCUT2D eigenvalue weighted by atomic mass is 16.6. The number of aliphatic hydroxyl groups is 1. The first kappa shape index (κ1) is 19.6. The van der Waals surface area contributed by atoms with Crippen molar-refractivity contribution in [2.24, 2.45) is 0 Å². The number of aromatic hydroxyl groups is 1. The summed E-state index contributed by atoms with van der Waals surface area (Å²) >= 11 is 0. The minimum atomic E-state index is -0.932. The number of rotatable bonds is 3. The van der Waals surface area contributed by atoms with Crippen molar-refractivity contribution in [1.29, 1.82) is 0 Å². The number of hydrogen-bond donors (Lipinski definition) is 2. The van der Waals surface area contributed by atoms with Gasteiger partial charge in [-0.05, 0) is 48.0 Å². The van der Waals surface area contributed by atoms with Gasteiger partial charge in [-0.15, -0.1) is 0 Å². The van der Waals surface area contributed by atoms with Crippen molar-refractivity contribution in [2.45, 2.75) is 6.04 Å². The molecule has 2 N–H and O–H groups in total. The number of fused-ring (bicyclic) bond motifs is 1. The standard InChI is InChI=1S/C24H18N2O6/c27-16-7-4-14(5-8-16)21-20(23(29)24(30)26(21)19-3-1-2-10-25-19)22(28)15-6-9-17-18(13-15)32-12-11-31-17/h1-10,13,21,27-28H,11-12H2/b22-20+. The Morgan fingerprint density at radius 3 is 2.44 bits per heavy atom. The number of ketones is 1. The van der Waals surface area contributed by atoms with Gasteiger partial charge in [-0.3, -0.25) is 14.5 Å². The van der Waals surface area contributed by atoms with Crippen LogP contribution in [0.25, 0.3) is 5.76 Å². The van der Waals surface area contributed by atoms with Gasteiger partial charge in [-0.1, -0.05) is 18.2 Å². The predicted molar refractivity (Wildman–Crippen MR) is 115 cm³/mol. The summed E-state index contributed by atoms with van der Waals surface area (Å²) in [5.74, 6) is -0.680. The first-order chi connectivity index (χ1) is 15.5. The first-order valence-corrected chi connectivity index (χ1v) is 9.95. The number of ether oxygens (including phenoxy) is 2. The number of aromatic nitrogens is 1. The van der Waals surface area contributed by atoms with E-state index in [1.54, 1.807) is 48.5 Å². The number of amides is 1. The van der Waals surface area contributed by atoms with Crippen molar-refractivity contribution in [3.8, 4) is 17.2 Å². The fraction of sp³-hybridized carbons (Fsp3) is 0.125. The summed E-state index contributed by atoms with van der Waals surface area (Å²) in [5, 5.41) is 20.9. The van der Waals surface area contributed by atoms with Gasteiger partial charge in [0.1, 0.15) is 30.5 Å². The lowest BCUT2D eigenvalue weighted by molar-refractivity contribution is -0.132. The van der Waals surface area contributed by atoms with Gasteiger partial charge < -0.3 is 19.7 Å². The summed E-state index contributed by atoms with van der Waals surface area (Å²) in [5.41, 5.74) is 0.770. The number of aliphatic hydroxyl groups excluding tert-OH is 1. The molecule has 1 aromatic heterocycles. The summed E-state index contributed by atoms with van der Waals surface area (Å²) in [6.07, 6.45) is 1.52. The second-order valence-corrected chi connectivity index (χ2v) is 7.31. The van der Waals surface area contributed by atoms with Crippen LogP contribution in [-0.4, -0.2) is 40.1 Å². The van der Waals surface area contributed by atoms with E-state index in [9.17, 15) is 19.8 Å². The Hall–Kier alpha value is -4.33. The summed E-state index contributed by atoms with van der Waals surface area (Å²) in [4.78, 5) is 31.6. The van der Waals surface area contributed by atoms with Gasteiger partial charge in [-0.2, -0.15) is 0 Å². The number of pyridine rings is 1. The third-order valence-corrected chi connectivity index (χ3v) is 5.36. The molecule has 2 aliphatic rings. The average molecular weight is 430 g/mol. The normalized spacial score (nSPS) is 19.2. The van der Waals surface area contributed by atoms with Crippen LogP contribution in [0.4, 0.5) is 5.82 Å². The topological polar surface area (TPSA) is 109 Å². The zero-order valence-electron chi connectivity index (χ0n) is 16.8. The number of anilines is 1. The Morgan fingerprint density at radius 1 is 0.969 bits per heavy atom. The molecular formula is C24H18N2O6. The summed E-state index contributed by atoms with van der Waals surface area (Å²) < 4.78 is 11.1. The maximum atomic E-state index is 13.1. The maximum Gasteiger partial charge on any atom is 0.301 e. The summed E-state index contributed by atoms with van der Waals surface area (Å²) in [7, 11) is 0. The predicted octanol–water partition coefficient (Wildman–Crippen LogP) is 3.18. The molecule has 5 rings (SSSR count). The molecule has 0 aliphatic carbocycles. The molecule has 2 aromatic carbocycles. The minimum Gasteiger partial charge on any atom is -0.508 e. The van der Waals surface area contributed by atoms with Crippen LogP contribution in [0.1, 0.15) is 17.2 Å². The lowest BCUT2D eigenvalue weighted by Gasteiger charge is -2.24. The number of benzene rings is 2. The Kier molecular flexibility index (Phi) is 4.74. The van der Waals surface area contributed by atoms with Crippen LogP contribution < -0.4 is 14.4 Å². The fourth-order valence-electron chi connectivity index (χ4n) is 3.88. The van der Waals surface area contributed by atoms with E-state index in [-0.39, 0.29) is 22.9 Å². The molecule has 1 atom stereocenters. The largest absolute Gasteiger partial charge is 0.508 e. The van der Waals surface area contributed by atoms with E-state index in [0.717, 1.165) is 0 Å². The summed E-state index contributed by atoms with van der Waals surface area (Å²) in [6, 6.07) is 15.0. The zero-order chi connectivity index (χ0) is 22.2. The van der Waals surface area contributed by atoms with Gasteiger partial charge in [0.15, 0.2) is 11.5 Å². The number of carbonyl (C=O) groups excluding carboxylic acids is 2. The van der Waals surface area contributed by atoms with Crippen molar-refractivity contribution in [3.05, 3.63) is 83.6 Å². The third-order valence-electron chi connectivity index (χ3n) is 5.36. The molecule has 0 radical (unpaired) electrons. The molecule has 1 saturated heterocycles. The molecule has 3 heterocycles. The van der Waals surface area contributed by atoms with E-state index in [1.807, 2.05) is 0 Å². The molecule has 1 fully saturated rings. The van der Waals surface area contributed by atoms with Crippen LogP contribution in [0, 0.1) is 0 Å². The smallest absolute Gasteiger partial charge is 0.301 e. The molecule has 160 valence electrons. The fourth-order valence-corrected chi connectivity index (χ4v) is 3.88. The van der Waals surface area contributed by atoms with E-state index >= 15 is 0 Å². The number of nitrogens with zero attached hydrogens (tertiary/aromatic N) is 2. The van der Waals surface area contributed by atoms with Crippen LogP contribution >= 0.6 is 0 Å². The average Bonchev–Trinajstić information content (AvgIpc) is 3.09. The third kappa shape index (κ3) is 3.22. The van der Waals surface area contributed by atoms with Crippen molar-refractivity contribution in [2.75, 3.05) is 18.1 Å². The number of Topliss-reactive ketones (excluding diaryl/α,β-unsaturated/α-hetero) is 1. The Balaban J connectivity index is 1.69. The van der Waals surface area contributed by atoms with Crippen LogP contribution in [0.15, 0.2) is 72.4 Å². The first-order valence-electron chi connectivity index (χ1n) is 9.95. The Labute approximate surface area is 183 Å². The van der Waals surface area contributed by atoms with Crippen LogP contribution in [-0.2, 0) is 9.59 Å². The van der Waals surface area contributed by atoms with Gasteiger partial charge in [-0.25, -0.2) is 4.98 Å². The van der Waals surface area contributed by atoms with E-state index in [0.29, 0.717) is 35.8 Å². The highest BCUT2D eigenvalue weighted by Gasteiger charge is 2.47. The highest BCUT2D eigenvalue weighted by molar-refractivity contribution is 6.51. The van der Waals surface area contributed by atoms with E-state index in [2.05, 4.69) is 4.98 Å². The Morgan fingerprint density at radius 2 is 1.72 bits per heavy atom.